The molecule has 1 aliphatic rings. The molecule has 0 atom stereocenters. The highest BCUT2D eigenvalue weighted by Gasteiger charge is 2.31. The Kier molecular flexibility index (Phi) is 8.42. The number of benzene rings is 2. The van der Waals surface area contributed by atoms with Crippen molar-refractivity contribution in [3.8, 4) is 22.7 Å². The van der Waals surface area contributed by atoms with E-state index in [0.717, 1.165) is 47.5 Å². The molecular formula is C28H31N3O2S2. The zero-order valence-corrected chi connectivity index (χ0v) is 22.1. The van der Waals surface area contributed by atoms with Crippen molar-refractivity contribution in [3.63, 3.8) is 0 Å². The monoisotopic (exact) mass is 505 g/mol. The molecule has 0 spiro atoms. The number of para-hydroxylation sites is 1. The Bertz CT molecular complexity index is 1200. The standard InChI is InChI=1S/C28H31N3O2S2/c1-4-5-16-30-27(32)25(35-28(30)34)18-22-19-31(23-9-7-6-8-10-23)29-26(22)21-11-13-24(14-12-21)33-17-15-20(2)3/h6-14,18-20H,4-5,15-17H2,1-3H3. The molecule has 1 amide bonds. The molecule has 0 N–H and O–H groups in total. The van der Waals surface area contributed by atoms with Crippen molar-refractivity contribution >= 4 is 40.3 Å². The van der Waals surface area contributed by atoms with Crippen molar-refractivity contribution < 1.29 is 9.53 Å². The van der Waals surface area contributed by atoms with Gasteiger partial charge in [0.25, 0.3) is 5.91 Å². The third-order valence-corrected chi connectivity index (χ3v) is 7.13. The van der Waals surface area contributed by atoms with Crippen LogP contribution in [0, 0.1) is 5.92 Å². The van der Waals surface area contributed by atoms with E-state index >= 15 is 0 Å². The van der Waals surface area contributed by atoms with Crippen LogP contribution in [0.25, 0.3) is 23.0 Å². The second kappa shape index (κ2) is 11.7. The predicted octanol–water partition coefficient (Wildman–Crippen LogP) is 6.97. The van der Waals surface area contributed by atoms with Crippen LogP contribution in [0.15, 0.2) is 65.7 Å². The second-order valence-corrected chi connectivity index (χ2v) is 10.6. The maximum atomic E-state index is 13.0. The lowest BCUT2D eigenvalue weighted by atomic mass is 10.1. The molecule has 0 saturated carbocycles. The highest BCUT2D eigenvalue weighted by atomic mass is 32.2. The van der Waals surface area contributed by atoms with Gasteiger partial charge in [-0.1, -0.05) is 69.4 Å². The molecule has 182 valence electrons. The number of hydrogen-bond donors (Lipinski definition) is 0. The number of thioether (sulfide) groups is 1. The van der Waals surface area contributed by atoms with E-state index in [1.807, 2.05) is 71.6 Å². The summed E-state index contributed by atoms with van der Waals surface area (Å²) in [6.45, 7) is 7.85. The summed E-state index contributed by atoms with van der Waals surface area (Å²) in [5.41, 5.74) is 3.60. The number of amides is 1. The zero-order chi connectivity index (χ0) is 24.8. The predicted molar refractivity (Wildman–Crippen MR) is 149 cm³/mol. The summed E-state index contributed by atoms with van der Waals surface area (Å²) >= 11 is 6.85. The number of carbonyl (C=O) groups is 1. The molecule has 0 aliphatic carbocycles. The largest absolute Gasteiger partial charge is 0.494 e. The van der Waals surface area contributed by atoms with Crippen LogP contribution in [-0.2, 0) is 4.79 Å². The molecule has 0 unspecified atom stereocenters. The first-order chi connectivity index (χ1) is 17.0. The average molecular weight is 506 g/mol. The summed E-state index contributed by atoms with van der Waals surface area (Å²) < 4.78 is 8.36. The number of carbonyl (C=O) groups excluding carboxylic acids is 1. The first-order valence-corrected chi connectivity index (χ1v) is 13.3. The normalized spacial score (nSPS) is 15.0. The lowest BCUT2D eigenvalue weighted by Gasteiger charge is -2.12. The first kappa shape index (κ1) is 25.2. The van der Waals surface area contributed by atoms with E-state index in [4.69, 9.17) is 22.1 Å². The van der Waals surface area contributed by atoms with E-state index in [9.17, 15) is 4.79 Å². The van der Waals surface area contributed by atoms with Crippen LogP contribution in [-0.4, -0.2) is 38.1 Å². The third-order valence-electron chi connectivity index (χ3n) is 5.75. The molecule has 7 heteroatoms. The molecule has 4 rings (SSSR count). The summed E-state index contributed by atoms with van der Waals surface area (Å²) in [6.07, 6.45) is 6.85. The van der Waals surface area contributed by atoms with Gasteiger partial charge in [-0.05, 0) is 61.2 Å². The Labute approximate surface area is 217 Å². The molecule has 2 aromatic carbocycles. The summed E-state index contributed by atoms with van der Waals surface area (Å²) in [6, 6.07) is 18.0. The fourth-order valence-electron chi connectivity index (χ4n) is 3.70. The van der Waals surface area contributed by atoms with E-state index < -0.39 is 0 Å². The highest BCUT2D eigenvalue weighted by Crippen LogP contribution is 2.35. The van der Waals surface area contributed by atoms with Gasteiger partial charge in [-0.3, -0.25) is 9.69 Å². The van der Waals surface area contributed by atoms with Crippen molar-refractivity contribution in [1.29, 1.82) is 0 Å². The van der Waals surface area contributed by atoms with Gasteiger partial charge >= 0.3 is 0 Å². The number of unbranched alkanes of at least 4 members (excludes halogenated alkanes) is 1. The van der Waals surface area contributed by atoms with E-state index in [2.05, 4.69) is 20.8 Å². The van der Waals surface area contributed by atoms with Crippen molar-refractivity contribution in [2.24, 2.45) is 5.92 Å². The van der Waals surface area contributed by atoms with Gasteiger partial charge in [-0.2, -0.15) is 5.10 Å². The van der Waals surface area contributed by atoms with E-state index in [0.29, 0.717) is 28.3 Å². The van der Waals surface area contributed by atoms with Crippen LogP contribution >= 0.6 is 24.0 Å². The second-order valence-electron chi connectivity index (χ2n) is 8.96. The SMILES string of the molecule is CCCCN1C(=O)C(=Cc2cn(-c3ccccc3)nc2-c2ccc(OCCC(C)C)cc2)SC1=S. The number of rotatable bonds is 10. The van der Waals surface area contributed by atoms with Crippen LogP contribution in [0.5, 0.6) is 5.75 Å². The van der Waals surface area contributed by atoms with Crippen LogP contribution in [0.1, 0.15) is 45.6 Å². The van der Waals surface area contributed by atoms with Crippen LogP contribution in [0.2, 0.25) is 0 Å². The fraction of sp³-hybridized carbons (Fsp3) is 0.321. The Morgan fingerprint density at radius 1 is 1.11 bits per heavy atom. The zero-order valence-electron chi connectivity index (χ0n) is 20.4. The van der Waals surface area contributed by atoms with Crippen molar-refractivity contribution in [1.82, 2.24) is 14.7 Å². The van der Waals surface area contributed by atoms with Gasteiger partial charge in [-0.15, -0.1) is 0 Å². The van der Waals surface area contributed by atoms with E-state index in [1.165, 1.54) is 11.8 Å². The van der Waals surface area contributed by atoms with Gasteiger partial charge in [-0.25, -0.2) is 4.68 Å². The summed E-state index contributed by atoms with van der Waals surface area (Å²) in [7, 11) is 0. The lowest BCUT2D eigenvalue weighted by molar-refractivity contribution is -0.122. The molecule has 2 heterocycles. The van der Waals surface area contributed by atoms with E-state index in [-0.39, 0.29) is 5.91 Å². The molecule has 1 aromatic heterocycles. The lowest BCUT2D eigenvalue weighted by Crippen LogP contribution is -2.28. The molecule has 0 bridgehead atoms. The van der Waals surface area contributed by atoms with Crippen LogP contribution in [0.3, 0.4) is 0 Å². The van der Waals surface area contributed by atoms with E-state index in [1.54, 1.807) is 4.90 Å². The van der Waals surface area contributed by atoms with Gasteiger partial charge in [0.1, 0.15) is 10.1 Å². The first-order valence-electron chi connectivity index (χ1n) is 12.1. The summed E-state index contributed by atoms with van der Waals surface area (Å²) in [5, 5.41) is 4.88. The number of aromatic nitrogens is 2. The minimum atomic E-state index is -0.0271. The molecule has 1 fully saturated rings. The van der Waals surface area contributed by atoms with Gasteiger partial charge in [0.05, 0.1) is 22.9 Å². The topological polar surface area (TPSA) is 47.4 Å². The summed E-state index contributed by atoms with van der Waals surface area (Å²) in [4.78, 5) is 15.4. The number of ether oxygens (including phenoxy) is 1. The smallest absolute Gasteiger partial charge is 0.266 e. The van der Waals surface area contributed by atoms with Gasteiger partial charge in [0, 0.05) is 23.9 Å². The Morgan fingerprint density at radius 2 is 1.86 bits per heavy atom. The van der Waals surface area contributed by atoms with Crippen molar-refractivity contribution in [2.75, 3.05) is 13.2 Å². The molecular weight excluding hydrogens is 474 g/mol. The highest BCUT2D eigenvalue weighted by molar-refractivity contribution is 8.26. The van der Waals surface area contributed by atoms with Crippen molar-refractivity contribution in [3.05, 3.63) is 71.3 Å². The fourth-order valence-corrected chi connectivity index (χ4v) is 5.00. The Morgan fingerprint density at radius 3 is 2.54 bits per heavy atom. The van der Waals surface area contributed by atoms with Crippen LogP contribution < -0.4 is 4.74 Å². The molecule has 35 heavy (non-hydrogen) atoms. The van der Waals surface area contributed by atoms with Crippen molar-refractivity contribution in [2.45, 2.75) is 40.0 Å². The Hall–Kier alpha value is -2.90. The molecule has 1 saturated heterocycles. The van der Waals surface area contributed by atoms with Crippen LogP contribution in [0.4, 0.5) is 0 Å². The average Bonchev–Trinajstić information content (AvgIpc) is 3.39. The quantitative estimate of drug-likeness (QED) is 0.220. The summed E-state index contributed by atoms with van der Waals surface area (Å²) in [5.74, 6) is 1.42. The third kappa shape index (κ3) is 6.21. The maximum absolute atomic E-state index is 13.0. The minimum absolute atomic E-state index is 0.0271. The Balaban J connectivity index is 1.66. The van der Waals surface area contributed by atoms with Gasteiger partial charge in [0.2, 0.25) is 0 Å². The minimum Gasteiger partial charge on any atom is -0.494 e. The number of thiocarbonyl (C=S) groups is 1. The molecule has 1 aliphatic heterocycles. The van der Waals surface area contributed by atoms with Gasteiger partial charge < -0.3 is 4.74 Å². The molecule has 5 nitrogen and oxygen atoms in total. The molecule has 3 aromatic rings. The number of nitrogens with zero attached hydrogens (tertiary/aromatic N) is 3. The van der Waals surface area contributed by atoms with Gasteiger partial charge in [0.15, 0.2) is 0 Å². The molecule has 0 radical (unpaired) electrons. The number of hydrogen-bond acceptors (Lipinski definition) is 5. The maximum Gasteiger partial charge on any atom is 0.266 e.